The molecule has 1 aliphatic heterocycles. The standard InChI is InChI=1S/C21H25N5O/c1-17-22-12-16-24(17)15-10-18-7-4-5-13-25(18)21(27)19-8-2-3-9-20(19)26-14-6-11-23-26/h2-3,6,8-9,11-12,14,16,18H,4-5,7,10,13,15H2,1H3/t18-/m1/s1. The van der Waals surface area contributed by atoms with Crippen molar-refractivity contribution in [2.75, 3.05) is 6.54 Å². The lowest BCUT2D eigenvalue weighted by molar-refractivity contribution is 0.0595. The van der Waals surface area contributed by atoms with Crippen molar-refractivity contribution in [3.63, 3.8) is 0 Å². The number of rotatable bonds is 5. The zero-order chi connectivity index (χ0) is 18.6. The lowest BCUT2D eigenvalue weighted by Gasteiger charge is -2.36. The lowest BCUT2D eigenvalue weighted by atomic mass is 9.97. The van der Waals surface area contributed by atoms with Crippen LogP contribution in [0, 0.1) is 6.92 Å². The van der Waals surface area contributed by atoms with Crippen LogP contribution in [0.5, 0.6) is 0 Å². The zero-order valence-corrected chi connectivity index (χ0v) is 15.7. The van der Waals surface area contributed by atoms with E-state index in [0.29, 0.717) is 5.56 Å². The summed E-state index contributed by atoms with van der Waals surface area (Å²) in [6.45, 7) is 3.73. The average Bonchev–Trinajstić information content (AvgIpc) is 3.38. The van der Waals surface area contributed by atoms with Crippen molar-refractivity contribution in [2.45, 2.75) is 45.2 Å². The normalized spacial score (nSPS) is 17.2. The van der Waals surface area contributed by atoms with E-state index in [0.717, 1.165) is 43.9 Å². The number of aromatic nitrogens is 4. The van der Waals surface area contributed by atoms with Gasteiger partial charge in [0.05, 0.1) is 11.3 Å². The summed E-state index contributed by atoms with van der Waals surface area (Å²) in [7, 11) is 0. The van der Waals surface area contributed by atoms with Crippen LogP contribution in [0.25, 0.3) is 5.69 Å². The summed E-state index contributed by atoms with van der Waals surface area (Å²) >= 11 is 0. The van der Waals surface area contributed by atoms with Gasteiger partial charge in [0.25, 0.3) is 5.91 Å². The molecule has 1 amide bonds. The quantitative estimate of drug-likeness (QED) is 0.697. The molecule has 1 fully saturated rings. The summed E-state index contributed by atoms with van der Waals surface area (Å²) in [5, 5.41) is 4.31. The lowest BCUT2D eigenvalue weighted by Crippen LogP contribution is -2.44. The number of para-hydroxylation sites is 1. The molecule has 140 valence electrons. The summed E-state index contributed by atoms with van der Waals surface area (Å²) in [5.41, 5.74) is 1.55. The minimum absolute atomic E-state index is 0.105. The molecule has 4 rings (SSSR count). The summed E-state index contributed by atoms with van der Waals surface area (Å²) < 4.78 is 3.93. The predicted octanol–water partition coefficient (Wildman–Crippen LogP) is 3.46. The van der Waals surface area contributed by atoms with Gasteiger partial charge in [0, 0.05) is 43.9 Å². The molecule has 1 aliphatic rings. The first-order valence-corrected chi connectivity index (χ1v) is 9.62. The van der Waals surface area contributed by atoms with Gasteiger partial charge in [-0.05, 0) is 50.8 Å². The number of aryl methyl sites for hydroxylation is 2. The number of carbonyl (C=O) groups excluding carboxylic acids is 1. The molecule has 0 radical (unpaired) electrons. The number of benzene rings is 1. The van der Waals surface area contributed by atoms with Gasteiger partial charge in [-0.25, -0.2) is 9.67 Å². The van der Waals surface area contributed by atoms with Crippen molar-refractivity contribution >= 4 is 5.91 Å². The largest absolute Gasteiger partial charge is 0.336 e. The summed E-state index contributed by atoms with van der Waals surface area (Å²) in [6, 6.07) is 9.87. The Balaban J connectivity index is 1.55. The Morgan fingerprint density at radius 1 is 1.15 bits per heavy atom. The van der Waals surface area contributed by atoms with Crippen molar-refractivity contribution in [3.05, 3.63) is 66.5 Å². The molecule has 0 bridgehead atoms. The molecule has 3 heterocycles. The second-order valence-corrected chi connectivity index (χ2v) is 7.07. The Labute approximate surface area is 159 Å². The Morgan fingerprint density at radius 2 is 2.04 bits per heavy atom. The van der Waals surface area contributed by atoms with E-state index in [1.165, 1.54) is 6.42 Å². The fourth-order valence-electron chi connectivity index (χ4n) is 3.92. The average molecular weight is 363 g/mol. The molecule has 6 heteroatoms. The van der Waals surface area contributed by atoms with E-state index in [2.05, 4.69) is 19.5 Å². The first-order chi connectivity index (χ1) is 13.2. The highest BCUT2D eigenvalue weighted by atomic mass is 16.2. The van der Waals surface area contributed by atoms with Crippen LogP contribution < -0.4 is 0 Å². The Bertz CT molecular complexity index is 899. The number of likely N-dealkylation sites (tertiary alicyclic amines) is 1. The smallest absolute Gasteiger partial charge is 0.256 e. The van der Waals surface area contributed by atoms with Gasteiger partial charge in [0.15, 0.2) is 0 Å². The van der Waals surface area contributed by atoms with Gasteiger partial charge in [0.2, 0.25) is 0 Å². The highest BCUT2D eigenvalue weighted by Crippen LogP contribution is 2.25. The Hall–Kier alpha value is -2.89. The van der Waals surface area contributed by atoms with Gasteiger partial charge in [-0.1, -0.05) is 12.1 Å². The molecule has 3 aromatic rings. The highest BCUT2D eigenvalue weighted by molar-refractivity contribution is 5.98. The summed E-state index contributed by atoms with van der Waals surface area (Å²) in [6.07, 6.45) is 11.7. The molecule has 0 spiro atoms. The van der Waals surface area contributed by atoms with Crippen LogP contribution in [-0.2, 0) is 6.54 Å². The van der Waals surface area contributed by atoms with Crippen LogP contribution in [-0.4, -0.2) is 42.7 Å². The van der Waals surface area contributed by atoms with E-state index in [-0.39, 0.29) is 11.9 Å². The van der Waals surface area contributed by atoms with Crippen molar-refractivity contribution in [3.8, 4) is 5.69 Å². The number of amides is 1. The number of hydrogen-bond donors (Lipinski definition) is 0. The number of imidazole rings is 1. The Kier molecular flexibility index (Phi) is 5.05. The number of nitrogens with zero attached hydrogens (tertiary/aromatic N) is 5. The molecular weight excluding hydrogens is 338 g/mol. The Morgan fingerprint density at radius 3 is 2.81 bits per heavy atom. The maximum atomic E-state index is 13.4. The van der Waals surface area contributed by atoms with Gasteiger partial charge in [0.1, 0.15) is 5.82 Å². The summed E-state index contributed by atoms with van der Waals surface area (Å²) in [4.78, 5) is 19.8. The molecule has 1 aromatic carbocycles. The number of carbonyl (C=O) groups is 1. The van der Waals surface area contributed by atoms with Crippen molar-refractivity contribution < 1.29 is 4.79 Å². The van der Waals surface area contributed by atoms with Crippen LogP contribution in [0.2, 0.25) is 0 Å². The zero-order valence-electron chi connectivity index (χ0n) is 15.7. The second kappa shape index (κ2) is 7.78. The molecule has 6 nitrogen and oxygen atoms in total. The molecule has 2 aromatic heterocycles. The van der Waals surface area contributed by atoms with Crippen LogP contribution in [0.1, 0.15) is 41.9 Å². The first-order valence-electron chi connectivity index (χ1n) is 9.62. The van der Waals surface area contributed by atoms with E-state index in [1.54, 1.807) is 10.9 Å². The monoisotopic (exact) mass is 363 g/mol. The minimum atomic E-state index is 0.105. The maximum absolute atomic E-state index is 13.4. The van der Waals surface area contributed by atoms with Gasteiger partial charge in [-0.2, -0.15) is 5.10 Å². The molecule has 1 atom stereocenters. The van der Waals surface area contributed by atoms with E-state index in [9.17, 15) is 4.79 Å². The fourth-order valence-corrected chi connectivity index (χ4v) is 3.92. The van der Waals surface area contributed by atoms with E-state index < -0.39 is 0 Å². The fraction of sp³-hybridized carbons (Fsp3) is 0.381. The van der Waals surface area contributed by atoms with Crippen LogP contribution >= 0.6 is 0 Å². The third-order valence-corrected chi connectivity index (χ3v) is 5.40. The third-order valence-electron chi connectivity index (χ3n) is 5.40. The third kappa shape index (κ3) is 3.65. The highest BCUT2D eigenvalue weighted by Gasteiger charge is 2.28. The first kappa shape index (κ1) is 17.5. The summed E-state index contributed by atoms with van der Waals surface area (Å²) in [5.74, 6) is 1.13. The molecule has 0 saturated carbocycles. The maximum Gasteiger partial charge on any atom is 0.256 e. The number of hydrogen-bond acceptors (Lipinski definition) is 3. The second-order valence-electron chi connectivity index (χ2n) is 7.07. The van der Waals surface area contributed by atoms with Gasteiger partial charge >= 0.3 is 0 Å². The molecule has 0 aliphatic carbocycles. The van der Waals surface area contributed by atoms with Crippen LogP contribution in [0.4, 0.5) is 0 Å². The topological polar surface area (TPSA) is 56.0 Å². The molecule has 1 saturated heterocycles. The minimum Gasteiger partial charge on any atom is -0.336 e. The van der Waals surface area contributed by atoms with Crippen LogP contribution in [0.3, 0.4) is 0 Å². The van der Waals surface area contributed by atoms with Crippen molar-refractivity contribution in [2.24, 2.45) is 0 Å². The SMILES string of the molecule is Cc1nccn1CC[C@H]1CCCCN1C(=O)c1ccccc1-n1cccn1. The van der Waals surface area contributed by atoms with E-state index in [4.69, 9.17) is 0 Å². The van der Waals surface area contributed by atoms with Crippen molar-refractivity contribution in [1.82, 2.24) is 24.2 Å². The molecular formula is C21H25N5O. The van der Waals surface area contributed by atoms with Gasteiger partial charge in [-0.15, -0.1) is 0 Å². The van der Waals surface area contributed by atoms with E-state index in [1.807, 2.05) is 55.8 Å². The molecule has 27 heavy (non-hydrogen) atoms. The number of piperidine rings is 1. The van der Waals surface area contributed by atoms with Gasteiger partial charge in [-0.3, -0.25) is 4.79 Å². The van der Waals surface area contributed by atoms with E-state index >= 15 is 0 Å². The van der Waals surface area contributed by atoms with Crippen molar-refractivity contribution in [1.29, 1.82) is 0 Å². The van der Waals surface area contributed by atoms with Crippen LogP contribution in [0.15, 0.2) is 55.1 Å². The molecule has 0 unspecified atom stereocenters. The molecule has 0 N–H and O–H groups in total. The predicted molar refractivity (Wildman–Crippen MR) is 104 cm³/mol. The van der Waals surface area contributed by atoms with Gasteiger partial charge < -0.3 is 9.47 Å².